The van der Waals surface area contributed by atoms with E-state index in [0.717, 1.165) is 27.7 Å². The molecule has 19 heteroatoms. The summed E-state index contributed by atoms with van der Waals surface area (Å²) in [5.74, 6) is -12.5. The van der Waals surface area contributed by atoms with Crippen LogP contribution in [-0.2, 0) is 85.3 Å². The van der Waals surface area contributed by atoms with E-state index in [9.17, 15) is 33.6 Å². The Morgan fingerprint density at radius 3 is 1.86 bits per heavy atom. The normalized spacial score (nSPS) is 23.6. The number of carbonyl (C=O) groups excluding carboxylic acids is 7. The van der Waals surface area contributed by atoms with Crippen LogP contribution in [0.4, 0.5) is 5.69 Å². The van der Waals surface area contributed by atoms with Gasteiger partial charge in [-0.05, 0) is 65.3 Å². The van der Waals surface area contributed by atoms with Crippen molar-refractivity contribution in [1.82, 2.24) is 15.5 Å². The molecule has 2 spiro atoms. The fraction of sp³-hybridized carbons (Fsp3) is 0.630. The van der Waals surface area contributed by atoms with Gasteiger partial charge in [0.25, 0.3) is 11.7 Å². The van der Waals surface area contributed by atoms with Gasteiger partial charge in [-0.1, -0.05) is 14.9 Å². The van der Waals surface area contributed by atoms with Gasteiger partial charge < -0.3 is 48.1 Å². The summed E-state index contributed by atoms with van der Waals surface area (Å²) in [5.41, 5.74) is -1.39. The molecule has 4 atom stereocenters. The summed E-state index contributed by atoms with van der Waals surface area (Å²) in [6.45, 7) is 11.1. The Balaban J connectivity index is 0.00000462. The average Bonchev–Trinajstić information content (AvgIpc) is 3.83. The molecule has 2 aliphatic heterocycles. The van der Waals surface area contributed by atoms with E-state index in [1.54, 1.807) is 25.1 Å². The summed E-state index contributed by atoms with van der Waals surface area (Å²) in [6, 6.07) is 0.664. The van der Waals surface area contributed by atoms with Crippen LogP contribution in [0.5, 0.6) is 5.75 Å². The summed E-state index contributed by atoms with van der Waals surface area (Å²) in [7, 11) is 6.96. The van der Waals surface area contributed by atoms with E-state index < -0.39 is 76.3 Å². The highest BCUT2D eigenvalue weighted by Crippen LogP contribution is 2.66. The molecule has 1 aromatic rings. The Kier molecular flexibility index (Phi) is 15.7. The lowest BCUT2D eigenvalue weighted by Crippen LogP contribution is -2.74. The third-order valence-corrected chi connectivity index (χ3v) is 11.5. The lowest BCUT2D eigenvalue weighted by atomic mass is 9.55. The minimum Gasteiger partial charge on any atom is -0.444 e. The Morgan fingerprint density at radius 1 is 0.800 bits per heavy atom. The van der Waals surface area contributed by atoms with Gasteiger partial charge in [0.2, 0.25) is 17.3 Å². The van der Waals surface area contributed by atoms with Crippen LogP contribution in [0.15, 0.2) is 28.7 Å². The predicted octanol–water partition coefficient (Wildman–Crippen LogP) is 3.13. The smallest absolute Gasteiger partial charge is 0.308 e. The number of imide groups is 1. The SMILES string of the molecule is C.C.CC(=O)NC(=O)C1=C(OC(C)=O)[C@@H](N(C)C)[C@@H]2C[C@@H]3Cc4c(N(C)C)cc(CC(=O)CNC(C)(C)C)c(OC(C)=O)c4C4(OCCO4)C3=C(OC(C)=O)[C@]2(OC(C)=O)C12OCCO2. The molecular weight excluding hydrogens is 849 g/mol. The molecule has 6 rings (SSSR count). The van der Waals surface area contributed by atoms with Crippen molar-refractivity contribution in [2.75, 3.05) is 66.1 Å². The Hall–Kier alpha value is -5.05. The first kappa shape index (κ1) is 52.6. The molecule has 0 bridgehead atoms. The number of hydrogen-bond acceptors (Lipinski definition) is 18. The molecule has 2 fully saturated rings. The van der Waals surface area contributed by atoms with Crippen LogP contribution >= 0.6 is 0 Å². The van der Waals surface area contributed by atoms with Gasteiger partial charge >= 0.3 is 23.9 Å². The number of nitrogens with zero attached hydrogens (tertiary/aromatic N) is 2. The summed E-state index contributed by atoms with van der Waals surface area (Å²) in [6.07, 6.45) is -0.000967. The van der Waals surface area contributed by atoms with Crippen molar-refractivity contribution in [3.05, 3.63) is 45.4 Å². The number of fused-ring (bicyclic) bond motifs is 6. The highest BCUT2D eigenvalue weighted by molar-refractivity contribution is 6.06. The Bertz CT molecular complexity index is 2170. The minimum absolute atomic E-state index is 0. The van der Waals surface area contributed by atoms with E-state index in [4.69, 9.17) is 37.9 Å². The third-order valence-electron chi connectivity index (χ3n) is 11.5. The number of ether oxygens (including phenoxy) is 8. The highest BCUT2D eigenvalue weighted by Gasteiger charge is 2.78. The summed E-state index contributed by atoms with van der Waals surface area (Å²) in [5, 5.41) is 5.45. The number of Topliss-reactive ketones (excluding diaryl/α,β-unsaturated/α-hetero) is 1. The molecule has 5 aliphatic rings. The molecule has 2 heterocycles. The van der Waals surface area contributed by atoms with E-state index >= 15 is 0 Å². The maximum Gasteiger partial charge on any atom is 0.308 e. The molecular formula is C46H66N4O15. The number of rotatable bonds is 11. The van der Waals surface area contributed by atoms with Crippen molar-refractivity contribution in [2.24, 2.45) is 11.8 Å². The molecule has 2 saturated heterocycles. The Morgan fingerprint density at radius 2 is 1.37 bits per heavy atom. The second-order valence-electron chi connectivity index (χ2n) is 17.8. The van der Waals surface area contributed by atoms with Crippen LogP contribution in [-0.4, -0.2) is 131 Å². The first-order valence-corrected chi connectivity index (χ1v) is 20.8. The van der Waals surface area contributed by atoms with Crippen molar-refractivity contribution in [3.8, 4) is 5.75 Å². The molecule has 19 nitrogen and oxygen atoms in total. The third kappa shape index (κ3) is 9.36. The minimum atomic E-state index is -2.55. The number of ketones is 1. The number of carbonyl (C=O) groups is 7. The maximum absolute atomic E-state index is 14.6. The number of amides is 2. The van der Waals surface area contributed by atoms with Gasteiger partial charge in [-0.15, -0.1) is 0 Å². The van der Waals surface area contributed by atoms with E-state index in [0.29, 0.717) is 16.8 Å². The summed E-state index contributed by atoms with van der Waals surface area (Å²) >= 11 is 0. The van der Waals surface area contributed by atoms with Gasteiger partial charge in [-0.2, -0.15) is 0 Å². The standard InChI is InChI=1S/C44H58N4O15.2CH4/c1-22(49)46-40(55)35-38(61-24(3)51)36(48(11)12)31-19-27-18-30-32(47(9)10)20-28(17-29(54)21-45-41(6,7)8)37(60-23(2)50)34(30)43(56-13-14-57-43)33(27)39(62-25(4)52)42(31,63-26(5)53)44(35)58-15-16-59-44;;/h20,27,31,36,45H,13-19,21H2,1-12H3,(H,46,49,55);2*1H4/t27-,31-,36-,42-;;/m0../s1. The van der Waals surface area contributed by atoms with E-state index in [1.807, 2.05) is 39.8 Å². The van der Waals surface area contributed by atoms with Crippen molar-refractivity contribution in [2.45, 2.75) is 118 Å². The number of esters is 4. The van der Waals surface area contributed by atoms with Crippen LogP contribution in [0, 0.1) is 11.8 Å². The molecule has 1 aromatic carbocycles. The van der Waals surface area contributed by atoms with Crippen molar-refractivity contribution in [1.29, 1.82) is 0 Å². The first-order valence-electron chi connectivity index (χ1n) is 20.8. The van der Waals surface area contributed by atoms with Crippen LogP contribution in [0.1, 0.15) is 93.4 Å². The van der Waals surface area contributed by atoms with Crippen molar-refractivity contribution < 1.29 is 71.5 Å². The average molecular weight is 915 g/mol. The molecule has 0 radical (unpaired) electrons. The maximum atomic E-state index is 14.6. The molecule has 0 unspecified atom stereocenters. The second kappa shape index (κ2) is 19.4. The largest absolute Gasteiger partial charge is 0.444 e. The van der Waals surface area contributed by atoms with Crippen LogP contribution in [0.25, 0.3) is 0 Å². The lowest BCUT2D eigenvalue weighted by molar-refractivity contribution is -0.289. The number of anilines is 1. The highest BCUT2D eigenvalue weighted by atomic mass is 16.8. The van der Waals surface area contributed by atoms with Crippen molar-refractivity contribution in [3.63, 3.8) is 0 Å². The molecule has 0 saturated carbocycles. The van der Waals surface area contributed by atoms with E-state index in [2.05, 4.69) is 10.6 Å². The zero-order chi connectivity index (χ0) is 46.6. The molecule has 3 aliphatic carbocycles. The summed E-state index contributed by atoms with van der Waals surface area (Å²) in [4.78, 5) is 98.1. The molecule has 0 aromatic heterocycles. The van der Waals surface area contributed by atoms with Crippen molar-refractivity contribution >= 4 is 47.2 Å². The fourth-order valence-electron chi connectivity index (χ4n) is 9.80. The van der Waals surface area contributed by atoms with Gasteiger partial charge in [0, 0.05) is 83.4 Å². The molecule has 65 heavy (non-hydrogen) atoms. The topological polar surface area (TPSA) is 224 Å². The second-order valence-corrected chi connectivity index (χ2v) is 17.8. The number of likely N-dealkylation sites (N-methyl/N-ethyl adjacent to an activating group) is 1. The van der Waals surface area contributed by atoms with Gasteiger partial charge in [0.05, 0.1) is 44.6 Å². The Labute approximate surface area is 380 Å². The molecule has 360 valence electrons. The molecule has 2 N–H and O–H groups in total. The van der Waals surface area contributed by atoms with Crippen LogP contribution < -0.4 is 20.3 Å². The number of hydrogen-bond donors (Lipinski definition) is 2. The van der Waals surface area contributed by atoms with Crippen LogP contribution in [0.2, 0.25) is 0 Å². The molecule has 2 amide bonds. The van der Waals surface area contributed by atoms with Gasteiger partial charge in [-0.3, -0.25) is 43.8 Å². The van der Waals surface area contributed by atoms with E-state index in [1.165, 1.54) is 6.92 Å². The predicted molar refractivity (Wildman–Crippen MR) is 234 cm³/mol. The fourth-order valence-corrected chi connectivity index (χ4v) is 9.80. The van der Waals surface area contributed by atoms with E-state index in [-0.39, 0.29) is 107 Å². The van der Waals surface area contributed by atoms with Gasteiger partial charge in [0.15, 0.2) is 11.5 Å². The zero-order valence-electron chi connectivity index (χ0n) is 38.0. The van der Waals surface area contributed by atoms with Gasteiger partial charge in [-0.25, -0.2) is 0 Å². The summed E-state index contributed by atoms with van der Waals surface area (Å²) < 4.78 is 51.3. The zero-order valence-corrected chi connectivity index (χ0v) is 38.0. The first-order chi connectivity index (χ1) is 29.4. The quantitative estimate of drug-likeness (QED) is 0.185. The monoisotopic (exact) mass is 914 g/mol. The van der Waals surface area contributed by atoms with Gasteiger partial charge in [0.1, 0.15) is 17.1 Å². The lowest BCUT2D eigenvalue weighted by Gasteiger charge is -2.60. The number of nitrogens with one attached hydrogen (secondary N) is 2. The van der Waals surface area contributed by atoms with Crippen LogP contribution in [0.3, 0.4) is 0 Å². The number of benzene rings is 1.